The van der Waals surface area contributed by atoms with E-state index in [4.69, 9.17) is 20.9 Å². The maximum absolute atomic E-state index is 14.2. The maximum atomic E-state index is 14.2. The number of benzene rings is 1. The third kappa shape index (κ3) is 3.85. The van der Waals surface area contributed by atoms with E-state index in [2.05, 4.69) is 16.5 Å². The maximum Gasteiger partial charge on any atom is 0.344 e. The third-order valence-corrected chi connectivity index (χ3v) is 4.94. The molecule has 1 fully saturated rings. The molecule has 1 aliphatic carbocycles. The SMILES string of the molecule is Cc1onc(-c2c(F)cccc2Cl)c1C(=O)OCC(=O)N[C@](C)(C#N)C1CC1. The fourth-order valence-corrected chi connectivity index (χ4v) is 3.17. The number of carbonyl (C=O) groups excluding carboxylic acids is 2. The quantitative estimate of drug-likeness (QED) is 0.738. The van der Waals surface area contributed by atoms with Crippen molar-refractivity contribution < 1.29 is 23.2 Å². The van der Waals surface area contributed by atoms with Gasteiger partial charge in [0.15, 0.2) is 6.61 Å². The van der Waals surface area contributed by atoms with Crippen molar-refractivity contribution in [2.24, 2.45) is 5.92 Å². The summed E-state index contributed by atoms with van der Waals surface area (Å²) in [5, 5.41) is 15.6. The zero-order chi connectivity index (χ0) is 20.5. The number of ether oxygens (including phenoxy) is 1. The summed E-state index contributed by atoms with van der Waals surface area (Å²) in [5.41, 5.74) is -1.32. The lowest BCUT2D eigenvalue weighted by Gasteiger charge is -2.22. The highest BCUT2D eigenvalue weighted by molar-refractivity contribution is 6.33. The Hall–Kier alpha value is -2.92. The molecule has 1 aliphatic rings. The number of aromatic nitrogens is 1. The number of nitrogens with zero attached hydrogens (tertiary/aromatic N) is 2. The molecule has 1 amide bonds. The van der Waals surface area contributed by atoms with Gasteiger partial charge >= 0.3 is 5.97 Å². The van der Waals surface area contributed by atoms with Gasteiger partial charge in [0.1, 0.15) is 28.4 Å². The molecule has 0 radical (unpaired) electrons. The van der Waals surface area contributed by atoms with Crippen LogP contribution in [0.4, 0.5) is 4.39 Å². The summed E-state index contributed by atoms with van der Waals surface area (Å²) in [6.45, 7) is 2.49. The number of carbonyl (C=O) groups is 2. The van der Waals surface area contributed by atoms with Crippen molar-refractivity contribution in [3.8, 4) is 17.3 Å². The lowest BCUT2D eigenvalue weighted by Crippen LogP contribution is -2.48. The minimum absolute atomic E-state index is 0.0503. The van der Waals surface area contributed by atoms with Crippen LogP contribution < -0.4 is 5.32 Å². The van der Waals surface area contributed by atoms with E-state index in [1.165, 1.54) is 25.1 Å². The number of amides is 1. The molecule has 0 spiro atoms. The second-order valence-electron chi connectivity index (χ2n) is 6.77. The summed E-state index contributed by atoms with van der Waals surface area (Å²) < 4.78 is 24.2. The van der Waals surface area contributed by atoms with Gasteiger partial charge in [0.05, 0.1) is 16.7 Å². The molecule has 2 aromatic rings. The lowest BCUT2D eigenvalue weighted by atomic mass is 9.98. The van der Waals surface area contributed by atoms with Gasteiger partial charge < -0.3 is 14.6 Å². The van der Waals surface area contributed by atoms with Gasteiger partial charge in [-0.1, -0.05) is 22.8 Å². The van der Waals surface area contributed by atoms with Crippen molar-refractivity contribution >= 4 is 23.5 Å². The lowest BCUT2D eigenvalue weighted by molar-refractivity contribution is -0.125. The molecule has 1 aromatic heterocycles. The minimum Gasteiger partial charge on any atom is -0.452 e. The average Bonchev–Trinajstić information content (AvgIpc) is 3.44. The van der Waals surface area contributed by atoms with Crippen molar-refractivity contribution in [1.82, 2.24) is 10.5 Å². The topological polar surface area (TPSA) is 105 Å². The molecule has 1 atom stereocenters. The first-order valence-electron chi connectivity index (χ1n) is 8.57. The van der Waals surface area contributed by atoms with Crippen LogP contribution >= 0.6 is 11.6 Å². The van der Waals surface area contributed by atoms with Gasteiger partial charge in [-0.15, -0.1) is 0 Å². The molecule has 1 N–H and O–H groups in total. The summed E-state index contributed by atoms with van der Waals surface area (Å²) >= 11 is 6.03. The van der Waals surface area contributed by atoms with Crippen molar-refractivity contribution in [2.75, 3.05) is 6.61 Å². The number of nitrogens with one attached hydrogen (secondary N) is 1. The molecule has 0 aliphatic heterocycles. The molecule has 0 unspecified atom stereocenters. The van der Waals surface area contributed by atoms with Gasteiger partial charge in [-0.05, 0) is 44.7 Å². The monoisotopic (exact) mass is 405 g/mol. The molecule has 3 rings (SSSR count). The average molecular weight is 406 g/mol. The van der Waals surface area contributed by atoms with Crippen molar-refractivity contribution in [1.29, 1.82) is 5.26 Å². The molecular formula is C19H17ClFN3O4. The van der Waals surface area contributed by atoms with Crippen LogP contribution in [0.2, 0.25) is 5.02 Å². The standard InChI is InChI=1S/C19H17ClFN3O4/c1-10-15(17(24-28-10)16-12(20)4-3-5-13(16)21)18(26)27-8-14(25)23-19(2,9-22)11-6-7-11/h3-5,11H,6-8H2,1-2H3,(H,23,25)/t19-/m1/s1. The number of esters is 1. The van der Waals surface area contributed by atoms with E-state index >= 15 is 0 Å². The first-order chi connectivity index (χ1) is 13.3. The highest BCUT2D eigenvalue weighted by Gasteiger charge is 2.43. The van der Waals surface area contributed by atoms with Gasteiger partial charge in [0.2, 0.25) is 0 Å². The molecule has 1 saturated carbocycles. The van der Waals surface area contributed by atoms with Gasteiger partial charge in [0, 0.05) is 0 Å². The number of nitriles is 1. The Morgan fingerprint density at radius 2 is 2.21 bits per heavy atom. The van der Waals surface area contributed by atoms with E-state index in [0.29, 0.717) is 0 Å². The van der Waals surface area contributed by atoms with E-state index < -0.39 is 29.8 Å². The molecule has 1 heterocycles. The second-order valence-corrected chi connectivity index (χ2v) is 7.18. The van der Waals surface area contributed by atoms with Crippen LogP contribution in [0, 0.1) is 30.0 Å². The van der Waals surface area contributed by atoms with Crippen LogP contribution in [0.15, 0.2) is 22.7 Å². The van der Waals surface area contributed by atoms with Crippen molar-refractivity contribution in [3.63, 3.8) is 0 Å². The van der Waals surface area contributed by atoms with Gasteiger partial charge in [0.25, 0.3) is 5.91 Å². The summed E-state index contributed by atoms with van der Waals surface area (Å²) in [6, 6.07) is 6.13. The summed E-state index contributed by atoms with van der Waals surface area (Å²) in [7, 11) is 0. The first-order valence-corrected chi connectivity index (χ1v) is 8.94. The van der Waals surface area contributed by atoms with Gasteiger partial charge in [-0.2, -0.15) is 5.26 Å². The predicted octanol–water partition coefficient (Wildman–Crippen LogP) is 3.41. The number of rotatable bonds is 6. The second kappa shape index (κ2) is 7.60. The van der Waals surface area contributed by atoms with Crippen molar-refractivity contribution in [3.05, 3.63) is 40.4 Å². The molecule has 9 heteroatoms. The van der Waals surface area contributed by atoms with Crippen LogP contribution in [-0.4, -0.2) is 29.2 Å². The Morgan fingerprint density at radius 3 is 2.82 bits per heavy atom. The zero-order valence-corrected chi connectivity index (χ0v) is 16.0. The Bertz CT molecular complexity index is 960. The number of hydrogen-bond acceptors (Lipinski definition) is 6. The van der Waals surface area contributed by atoms with E-state index in [1.807, 2.05) is 0 Å². The van der Waals surface area contributed by atoms with E-state index in [9.17, 15) is 19.2 Å². The van der Waals surface area contributed by atoms with E-state index in [-0.39, 0.29) is 33.5 Å². The molecule has 1 aromatic carbocycles. The Labute approximate surface area is 165 Å². The highest BCUT2D eigenvalue weighted by atomic mass is 35.5. The summed E-state index contributed by atoms with van der Waals surface area (Å²) in [4.78, 5) is 24.6. The summed E-state index contributed by atoms with van der Waals surface area (Å²) in [5.74, 6) is -2.01. The van der Waals surface area contributed by atoms with Gasteiger partial charge in [-0.3, -0.25) is 4.79 Å². The number of aryl methyl sites for hydroxylation is 1. The van der Waals surface area contributed by atoms with Crippen LogP contribution in [0.25, 0.3) is 11.3 Å². The van der Waals surface area contributed by atoms with Crippen LogP contribution in [0.3, 0.4) is 0 Å². The summed E-state index contributed by atoms with van der Waals surface area (Å²) in [6.07, 6.45) is 1.72. The number of halogens is 2. The van der Waals surface area contributed by atoms with Crippen LogP contribution in [0.1, 0.15) is 35.9 Å². The molecule has 0 saturated heterocycles. The first kappa shape index (κ1) is 19.8. The smallest absolute Gasteiger partial charge is 0.344 e. The van der Waals surface area contributed by atoms with E-state index in [1.54, 1.807) is 6.92 Å². The van der Waals surface area contributed by atoms with Gasteiger partial charge in [-0.25, -0.2) is 9.18 Å². The van der Waals surface area contributed by atoms with Crippen molar-refractivity contribution in [2.45, 2.75) is 32.2 Å². The zero-order valence-electron chi connectivity index (χ0n) is 15.2. The molecule has 7 nitrogen and oxygen atoms in total. The third-order valence-electron chi connectivity index (χ3n) is 4.63. The largest absolute Gasteiger partial charge is 0.452 e. The normalized spacial score (nSPS) is 15.4. The fourth-order valence-electron chi connectivity index (χ4n) is 2.92. The predicted molar refractivity (Wildman–Crippen MR) is 96.8 cm³/mol. The Balaban J connectivity index is 1.75. The highest BCUT2D eigenvalue weighted by Crippen LogP contribution is 2.39. The van der Waals surface area contributed by atoms with E-state index in [0.717, 1.165) is 12.8 Å². The van der Waals surface area contributed by atoms with Crippen LogP contribution in [-0.2, 0) is 9.53 Å². The molecule has 0 bridgehead atoms. The Morgan fingerprint density at radius 1 is 1.50 bits per heavy atom. The minimum atomic E-state index is -0.998. The fraction of sp³-hybridized carbons (Fsp3) is 0.368. The van der Waals surface area contributed by atoms with Crippen LogP contribution in [0.5, 0.6) is 0 Å². The Kier molecular flexibility index (Phi) is 5.38. The molecule has 28 heavy (non-hydrogen) atoms. The number of hydrogen-bond donors (Lipinski definition) is 1. The molecular weight excluding hydrogens is 389 g/mol. The molecule has 146 valence electrons.